The van der Waals surface area contributed by atoms with Crippen molar-refractivity contribution in [2.75, 3.05) is 27.9 Å². The Morgan fingerprint density at radius 1 is 0.510 bits per heavy atom. The molecule has 0 bridgehead atoms. The minimum absolute atomic E-state index is 0.0276. The number of aryl methyl sites for hydroxylation is 1. The van der Waals surface area contributed by atoms with Gasteiger partial charge in [0, 0.05) is 91.2 Å². The third-order valence-electron chi connectivity index (χ3n) is 24.3. The quantitative estimate of drug-likeness (QED) is 0.108. The van der Waals surface area contributed by atoms with E-state index in [0.717, 1.165) is 135 Å². The van der Waals surface area contributed by atoms with Crippen molar-refractivity contribution in [2.24, 2.45) is 66.2 Å². The summed E-state index contributed by atoms with van der Waals surface area (Å²) >= 11 is 0. The Balaban J connectivity index is 0.000000118. The average molecular weight is 1370 g/mol. The number of nitrogens with zero attached hydrogens (tertiary/aromatic N) is 10. The van der Waals surface area contributed by atoms with Crippen molar-refractivity contribution >= 4 is 35.6 Å². The number of hydrogen-bond donors (Lipinski definition) is 3. The van der Waals surface area contributed by atoms with Crippen molar-refractivity contribution in [3.63, 3.8) is 0 Å². The SMILES string of the molecule is COC1CCC2(CC1)Cc1ccc(C#CC3CC3)cc1C21N=C(N)N(CCc2ncc(C)o2)C1=O.COC1CCC2(CC1)Cc1ccc(C#CC3CC3)cc1C21N=C(N)N(Cc2cccnn2)C1=O.COC1CCC2(CC1)Cc1ccc(C#CC3CC3)cc1C21N=C(N)N(Cc2ncco2)C1=O. The number of nitrogens with two attached hydrogens (primary N) is 3. The van der Waals surface area contributed by atoms with E-state index in [0.29, 0.717) is 48.2 Å². The van der Waals surface area contributed by atoms with Gasteiger partial charge in [-0.2, -0.15) is 10.2 Å². The number of methoxy groups -OCH3 is 3. The van der Waals surface area contributed by atoms with Crippen molar-refractivity contribution in [3.05, 3.63) is 165 Å². The van der Waals surface area contributed by atoms with Crippen molar-refractivity contribution in [1.82, 2.24) is 34.9 Å². The molecule has 6 saturated carbocycles. The van der Waals surface area contributed by atoms with Crippen LogP contribution in [0.2, 0.25) is 0 Å². The zero-order chi connectivity index (χ0) is 70.2. The van der Waals surface area contributed by atoms with Gasteiger partial charge in [-0.3, -0.25) is 29.1 Å². The molecular formula is C81H89N13O8. The highest BCUT2D eigenvalue weighted by molar-refractivity contribution is 6.10. The lowest BCUT2D eigenvalue weighted by Crippen LogP contribution is -2.52. The standard InChI is InChI=1S/C28H32N4O3.C27H29N5O2.C26H28N4O3/c1-18-17-30-24(35-18)11-14-32-25(33)28(31-26(32)29)23-15-20(6-5-19-3-4-19)7-8-21(23)16-27(28)12-9-22(34-2)10-13-27;1-34-22-10-12-26(13-11-22)16-20-9-8-19(7-6-18-4-5-18)15-23(20)27(26)24(33)32(25(28)30-27)17-21-3-2-14-29-31-21;1-32-20-8-10-25(11-9-20)15-19-7-6-18(5-4-17-2-3-17)14-21(19)26(25)23(31)30(24(27)29-26)16-22-28-12-13-33-22/h7-8,15,17,19,22H,3-4,9-14,16H2,1-2H3,(H2,29,31);2-3,8-9,14-15,18,22H,4-5,10-13,16-17H2,1H3,(H2,28,30);6-7,12-14,17,20H,2-3,8-11,15-16H2,1H3,(H2,27,29). The van der Waals surface area contributed by atoms with E-state index in [1.807, 2.05) is 19.1 Å². The zero-order valence-electron chi connectivity index (χ0n) is 58.8. The number of oxazole rings is 2. The molecule has 6 N–H and O–H groups in total. The minimum atomic E-state index is -1.03. The van der Waals surface area contributed by atoms with E-state index in [-0.39, 0.29) is 83.2 Å². The Bertz CT molecular complexity index is 4570. The summed E-state index contributed by atoms with van der Waals surface area (Å²) in [4.78, 5) is 71.2. The molecule has 6 heterocycles. The first-order valence-electron chi connectivity index (χ1n) is 36.6. The summed E-state index contributed by atoms with van der Waals surface area (Å²) in [5, 5.41) is 8.12. The second-order valence-electron chi connectivity index (χ2n) is 30.5. The first-order chi connectivity index (χ1) is 49.5. The predicted octanol–water partition coefficient (Wildman–Crippen LogP) is 9.51. The number of rotatable bonds is 10. The van der Waals surface area contributed by atoms with Crippen molar-refractivity contribution < 1.29 is 37.4 Å². The number of carbonyl (C=O) groups excluding carboxylic acids is 3. The van der Waals surface area contributed by atoms with E-state index >= 15 is 0 Å². The van der Waals surface area contributed by atoms with Crippen molar-refractivity contribution in [2.45, 2.75) is 196 Å². The largest absolute Gasteiger partial charge is 0.447 e. The summed E-state index contributed by atoms with van der Waals surface area (Å²) in [6.07, 6.45) is 27.8. The van der Waals surface area contributed by atoms with Crippen molar-refractivity contribution in [3.8, 4) is 35.5 Å². The third kappa shape index (κ3) is 11.7. The monoisotopic (exact) mass is 1370 g/mol. The molecule has 21 heteroatoms. The Kier molecular flexibility index (Phi) is 17.4. The Labute approximate surface area is 595 Å². The highest BCUT2D eigenvalue weighted by atomic mass is 16.5. The van der Waals surface area contributed by atoms with Crippen LogP contribution in [0.25, 0.3) is 0 Å². The maximum Gasteiger partial charge on any atom is 0.263 e. The number of amides is 3. The summed E-state index contributed by atoms with van der Waals surface area (Å²) in [5.74, 6) is 24.0. The van der Waals surface area contributed by atoms with Crippen LogP contribution in [-0.4, -0.2) is 117 Å². The number of hydrogen-bond acceptors (Lipinski definition) is 18. The van der Waals surface area contributed by atoms with E-state index in [9.17, 15) is 14.4 Å². The Hall–Kier alpha value is -9.46. The Morgan fingerprint density at radius 2 is 0.922 bits per heavy atom. The van der Waals surface area contributed by atoms with Gasteiger partial charge in [0.15, 0.2) is 40.4 Å². The molecule has 0 saturated heterocycles. The summed E-state index contributed by atoms with van der Waals surface area (Å²) in [7, 11) is 5.31. The minimum Gasteiger partial charge on any atom is -0.447 e. The molecule has 6 aromatic rings. The lowest BCUT2D eigenvalue weighted by molar-refractivity contribution is -0.139. The van der Waals surface area contributed by atoms with Gasteiger partial charge in [0.05, 0.1) is 42.9 Å². The maximum atomic E-state index is 14.4. The van der Waals surface area contributed by atoms with E-state index in [1.165, 1.54) is 66.4 Å². The molecule has 3 amide bonds. The number of fused-ring (bicyclic) bond motifs is 9. The first-order valence-corrected chi connectivity index (χ1v) is 36.6. The second kappa shape index (κ2) is 26.4. The first kappa shape index (κ1) is 67.1. The number of ether oxygens (including phenoxy) is 3. The summed E-state index contributed by atoms with van der Waals surface area (Å²) in [5.41, 5.74) is 25.4. The van der Waals surface area contributed by atoms with Gasteiger partial charge in [-0.15, -0.1) is 0 Å². The van der Waals surface area contributed by atoms with Gasteiger partial charge in [-0.05, 0) is 224 Å². The fourth-order valence-electron chi connectivity index (χ4n) is 18.4. The van der Waals surface area contributed by atoms with Crippen LogP contribution in [0.4, 0.5) is 0 Å². The third-order valence-corrected chi connectivity index (χ3v) is 24.3. The summed E-state index contributed by atoms with van der Waals surface area (Å²) < 4.78 is 28.0. The molecule has 6 spiro atoms. The van der Waals surface area contributed by atoms with Gasteiger partial charge in [0.1, 0.15) is 18.6 Å². The highest BCUT2D eigenvalue weighted by Gasteiger charge is 2.70. The molecular weight excluding hydrogens is 1280 g/mol. The zero-order valence-corrected chi connectivity index (χ0v) is 58.8. The van der Waals surface area contributed by atoms with Crippen LogP contribution in [0.3, 0.4) is 0 Å². The van der Waals surface area contributed by atoms with Gasteiger partial charge in [-0.1, -0.05) is 53.7 Å². The molecule has 3 aromatic carbocycles. The molecule has 18 rings (SSSR count). The van der Waals surface area contributed by atoms with Crippen LogP contribution in [-0.2, 0) is 84.0 Å². The van der Waals surface area contributed by atoms with Crippen LogP contribution in [0.5, 0.6) is 0 Å². The number of benzene rings is 3. The highest BCUT2D eigenvalue weighted by Crippen LogP contribution is 2.65. The smallest absolute Gasteiger partial charge is 0.263 e. The lowest BCUT2D eigenvalue weighted by atomic mass is 9.61. The second-order valence-corrected chi connectivity index (χ2v) is 30.5. The molecule has 526 valence electrons. The van der Waals surface area contributed by atoms with Crippen LogP contribution >= 0.6 is 0 Å². The normalized spacial score (nSPS) is 29.9. The fraction of sp³-hybridized carbons (Fsp3) is 0.506. The van der Waals surface area contributed by atoms with Gasteiger partial charge in [-0.25, -0.2) is 24.9 Å². The van der Waals surface area contributed by atoms with Gasteiger partial charge in [0.2, 0.25) is 5.89 Å². The molecule has 6 fully saturated rings. The number of carbonyl (C=O) groups is 3. The number of guanidine groups is 3. The lowest BCUT2D eigenvalue weighted by Gasteiger charge is -2.45. The van der Waals surface area contributed by atoms with Gasteiger partial charge >= 0.3 is 0 Å². The average Bonchev–Trinajstić information content (AvgIpc) is 1.54. The van der Waals surface area contributed by atoms with E-state index in [4.69, 9.17) is 55.2 Å². The fourth-order valence-corrected chi connectivity index (χ4v) is 18.4. The molecule has 12 aliphatic rings. The molecule has 3 unspecified atom stereocenters. The molecule has 9 aliphatic carbocycles. The van der Waals surface area contributed by atoms with E-state index in [1.54, 1.807) is 49.7 Å². The topological polar surface area (TPSA) is 282 Å². The van der Waals surface area contributed by atoms with Crippen LogP contribution in [0.1, 0.15) is 189 Å². The summed E-state index contributed by atoms with van der Waals surface area (Å²) in [6.45, 7) is 2.69. The molecule has 0 radical (unpaired) electrons. The maximum absolute atomic E-state index is 14.4. The number of aliphatic imine (C=N–C) groups is 3. The van der Waals surface area contributed by atoms with Crippen LogP contribution < -0.4 is 17.2 Å². The van der Waals surface area contributed by atoms with Gasteiger partial charge in [0.25, 0.3) is 17.7 Å². The summed E-state index contributed by atoms with van der Waals surface area (Å²) in [6, 6.07) is 22.7. The molecule has 3 atom stereocenters. The molecule has 102 heavy (non-hydrogen) atoms. The van der Waals surface area contributed by atoms with E-state index < -0.39 is 16.6 Å². The van der Waals surface area contributed by atoms with Crippen LogP contribution in [0.15, 0.2) is 115 Å². The van der Waals surface area contributed by atoms with Crippen molar-refractivity contribution in [1.29, 1.82) is 0 Å². The van der Waals surface area contributed by atoms with Gasteiger partial charge < -0.3 is 40.2 Å². The molecule has 3 aliphatic heterocycles. The predicted molar refractivity (Wildman–Crippen MR) is 381 cm³/mol. The molecule has 21 nitrogen and oxygen atoms in total. The van der Waals surface area contributed by atoms with E-state index in [2.05, 4.69) is 110 Å². The number of aromatic nitrogens is 4. The van der Waals surface area contributed by atoms with Crippen LogP contribution in [0, 0.1) is 76.4 Å². The molecule has 3 aromatic heterocycles. The Morgan fingerprint density at radius 3 is 1.28 bits per heavy atom.